The highest BCUT2D eigenvalue weighted by Gasteiger charge is 2.69. The molecule has 9 nitrogen and oxygen atoms in total. The fraction of sp³-hybridized carbons (Fsp3) is 0.913. The van der Waals surface area contributed by atoms with Gasteiger partial charge in [-0.2, -0.15) is 0 Å². The predicted octanol–water partition coefficient (Wildman–Crippen LogP) is 2.40. The molecule has 0 aromatic carbocycles. The summed E-state index contributed by atoms with van der Waals surface area (Å²) in [5.74, 6) is -1.04. The largest absolute Gasteiger partial charge is 0.435 e. The van der Waals surface area contributed by atoms with Crippen LogP contribution in [0.15, 0.2) is 0 Å². The van der Waals surface area contributed by atoms with Gasteiger partial charge >= 0.3 is 5.97 Å². The lowest BCUT2D eigenvalue weighted by atomic mass is 9.58. The zero-order chi connectivity index (χ0) is 23.3. The highest BCUT2D eigenvalue weighted by molar-refractivity contribution is 5.81. The summed E-state index contributed by atoms with van der Waals surface area (Å²) < 4.78 is 18.2. The summed E-state index contributed by atoms with van der Waals surface area (Å²) in [6.45, 7) is 9.34. The van der Waals surface area contributed by atoms with Gasteiger partial charge in [0, 0.05) is 24.7 Å². The molecule has 1 aliphatic carbocycles. The van der Waals surface area contributed by atoms with Crippen LogP contribution < -0.4 is 5.32 Å². The molecule has 5 aliphatic rings. The number of fused-ring (bicyclic) bond motifs is 2. The third-order valence-corrected chi connectivity index (χ3v) is 7.77. The summed E-state index contributed by atoms with van der Waals surface area (Å²) in [5.41, 5.74) is -1.44. The first kappa shape index (κ1) is 23.9. The number of carbonyl (C=O) groups is 2. The van der Waals surface area contributed by atoms with Crippen LogP contribution in [-0.2, 0) is 33.6 Å². The molecular weight excluding hydrogens is 418 g/mol. The van der Waals surface area contributed by atoms with Gasteiger partial charge in [0.25, 0.3) is 0 Å². The number of rotatable bonds is 6. The molecule has 182 valence electrons. The SMILES string of the molecule is C[C@@H]1[C@H](OC(=O)CCC(=O)NC(C)(C)CO)O[C@H]2O[C@@]3(C)CC[C@H]4[C@H](C)CC[C@@H]1[C@@]24OO3. The zero-order valence-electron chi connectivity index (χ0n) is 19.7. The summed E-state index contributed by atoms with van der Waals surface area (Å²) in [7, 11) is 0. The van der Waals surface area contributed by atoms with Gasteiger partial charge in [0.1, 0.15) is 0 Å². The van der Waals surface area contributed by atoms with Crippen molar-refractivity contribution in [2.45, 2.75) is 103 Å². The molecule has 2 N–H and O–H groups in total. The van der Waals surface area contributed by atoms with Crippen molar-refractivity contribution in [2.75, 3.05) is 6.61 Å². The van der Waals surface area contributed by atoms with E-state index in [2.05, 4.69) is 12.2 Å². The molecule has 8 atom stereocenters. The normalized spacial score (nSPS) is 43.2. The third-order valence-electron chi connectivity index (χ3n) is 7.77. The van der Waals surface area contributed by atoms with Crippen molar-refractivity contribution < 1.29 is 38.7 Å². The summed E-state index contributed by atoms with van der Waals surface area (Å²) in [6, 6.07) is 0. The Morgan fingerprint density at radius 2 is 1.88 bits per heavy atom. The first-order chi connectivity index (χ1) is 15.0. The molecule has 0 aromatic rings. The Morgan fingerprint density at radius 3 is 2.59 bits per heavy atom. The molecule has 1 amide bonds. The van der Waals surface area contributed by atoms with Crippen molar-refractivity contribution in [1.82, 2.24) is 5.32 Å². The number of amides is 1. The molecule has 5 rings (SSSR count). The fourth-order valence-electron chi connectivity index (χ4n) is 5.89. The van der Waals surface area contributed by atoms with Gasteiger partial charge in [0.05, 0.1) is 18.6 Å². The number of carbonyl (C=O) groups excluding carboxylic acids is 2. The van der Waals surface area contributed by atoms with Gasteiger partial charge < -0.3 is 24.6 Å². The average Bonchev–Trinajstić information content (AvgIpc) is 2.96. The Labute approximate surface area is 189 Å². The summed E-state index contributed by atoms with van der Waals surface area (Å²) >= 11 is 0. The molecule has 1 spiro atoms. The second kappa shape index (κ2) is 8.51. The molecule has 32 heavy (non-hydrogen) atoms. The van der Waals surface area contributed by atoms with Gasteiger partial charge in [0.2, 0.25) is 18.0 Å². The topological polar surface area (TPSA) is 113 Å². The Bertz CT molecular complexity index is 744. The van der Waals surface area contributed by atoms with Gasteiger partial charge in [-0.25, -0.2) is 9.78 Å². The summed E-state index contributed by atoms with van der Waals surface area (Å²) in [5, 5.41) is 12.0. The Balaban J connectivity index is 1.43. The quantitative estimate of drug-likeness (QED) is 0.464. The molecule has 9 heteroatoms. The number of hydrogen-bond donors (Lipinski definition) is 2. The second-order valence-electron chi connectivity index (χ2n) is 10.9. The van der Waals surface area contributed by atoms with E-state index < -0.39 is 35.5 Å². The van der Waals surface area contributed by atoms with E-state index in [1.165, 1.54) is 0 Å². The Hall–Kier alpha value is -1.26. The number of esters is 1. The summed E-state index contributed by atoms with van der Waals surface area (Å²) in [6.07, 6.45) is 2.08. The maximum atomic E-state index is 12.5. The van der Waals surface area contributed by atoms with Crippen LogP contribution in [0.2, 0.25) is 0 Å². The standard InChI is InChI=1S/C23H37NO8/c1-13-6-7-16-14(2)19(28-18(27)9-8-17(26)24-21(3,4)12-25)29-20-23(16)15(13)10-11-22(5,30-20)31-32-23/h13-16,19-20,25H,6-12H2,1-5H3,(H,24,26)/t13-,14+,15+,16+,19-,20+,22-,23-/m1/s1. The highest BCUT2D eigenvalue weighted by Crippen LogP contribution is 2.60. The van der Waals surface area contributed by atoms with E-state index in [1.54, 1.807) is 13.8 Å². The average molecular weight is 456 g/mol. The molecule has 5 fully saturated rings. The van der Waals surface area contributed by atoms with Crippen molar-refractivity contribution in [3.8, 4) is 0 Å². The van der Waals surface area contributed by atoms with Crippen LogP contribution in [0.1, 0.15) is 73.1 Å². The van der Waals surface area contributed by atoms with E-state index in [0.29, 0.717) is 12.3 Å². The monoisotopic (exact) mass is 455 g/mol. The number of hydrogen-bond acceptors (Lipinski definition) is 8. The van der Waals surface area contributed by atoms with E-state index in [-0.39, 0.29) is 43.1 Å². The maximum absolute atomic E-state index is 12.5. The fourth-order valence-corrected chi connectivity index (χ4v) is 5.89. The van der Waals surface area contributed by atoms with Crippen LogP contribution in [0.3, 0.4) is 0 Å². The smallest absolute Gasteiger partial charge is 0.308 e. The van der Waals surface area contributed by atoms with E-state index in [4.69, 9.17) is 24.0 Å². The predicted molar refractivity (Wildman–Crippen MR) is 111 cm³/mol. The number of ether oxygens (including phenoxy) is 3. The molecule has 1 saturated carbocycles. The number of aliphatic hydroxyl groups excluding tert-OH is 1. The second-order valence-corrected chi connectivity index (χ2v) is 10.9. The zero-order valence-corrected chi connectivity index (χ0v) is 19.7. The Morgan fingerprint density at radius 1 is 1.12 bits per heavy atom. The van der Waals surface area contributed by atoms with Crippen LogP contribution in [0.4, 0.5) is 0 Å². The first-order valence-corrected chi connectivity index (χ1v) is 11.8. The minimum atomic E-state index is -0.885. The van der Waals surface area contributed by atoms with Crippen molar-refractivity contribution >= 4 is 11.9 Å². The van der Waals surface area contributed by atoms with Gasteiger partial charge in [0.15, 0.2) is 11.9 Å². The molecule has 4 heterocycles. The van der Waals surface area contributed by atoms with E-state index in [0.717, 1.165) is 19.3 Å². The van der Waals surface area contributed by atoms with Crippen molar-refractivity contribution in [3.63, 3.8) is 0 Å². The molecule has 4 aliphatic heterocycles. The maximum Gasteiger partial charge on any atom is 0.308 e. The molecule has 0 unspecified atom stereocenters. The van der Waals surface area contributed by atoms with Crippen molar-refractivity contribution in [2.24, 2.45) is 23.7 Å². The van der Waals surface area contributed by atoms with Crippen molar-refractivity contribution in [1.29, 1.82) is 0 Å². The lowest BCUT2D eigenvalue weighted by molar-refractivity contribution is -0.576. The van der Waals surface area contributed by atoms with E-state index in [1.807, 2.05) is 13.8 Å². The number of nitrogens with one attached hydrogen (secondary N) is 1. The summed E-state index contributed by atoms with van der Waals surface area (Å²) in [4.78, 5) is 36.5. The van der Waals surface area contributed by atoms with E-state index in [9.17, 15) is 14.7 Å². The van der Waals surface area contributed by atoms with Gasteiger partial charge in [-0.1, -0.05) is 13.8 Å². The van der Waals surface area contributed by atoms with Crippen molar-refractivity contribution in [3.05, 3.63) is 0 Å². The lowest BCUT2D eigenvalue weighted by Crippen LogP contribution is -2.70. The van der Waals surface area contributed by atoms with Crippen LogP contribution >= 0.6 is 0 Å². The van der Waals surface area contributed by atoms with Gasteiger partial charge in [-0.15, -0.1) is 0 Å². The minimum absolute atomic E-state index is 0.0225. The van der Waals surface area contributed by atoms with E-state index >= 15 is 0 Å². The van der Waals surface area contributed by atoms with Gasteiger partial charge in [-0.3, -0.25) is 9.59 Å². The first-order valence-electron chi connectivity index (χ1n) is 11.8. The minimum Gasteiger partial charge on any atom is -0.435 e. The van der Waals surface area contributed by atoms with Crippen LogP contribution in [0, 0.1) is 23.7 Å². The van der Waals surface area contributed by atoms with Crippen LogP contribution in [0.25, 0.3) is 0 Å². The Kier molecular flexibility index (Phi) is 6.35. The highest BCUT2D eigenvalue weighted by atomic mass is 17.3. The third kappa shape index (κ3) is 4.18. The molecule has 0 aromatic heterocycles. The van der Waals surface area contributed by atoms with Gasteiger partial charge in [-0.05, 0) is 51.9 Å². The molecule has 4 saturated heterocycles. The molecular formula is C23H37NO8. The van der Waals surface area contributed by atoms with Crippen LogP contribution in [0.5, 0.6) is 0 Å². The molecule has 0 radical (unpaired) electrons. The van der Waals surface area contributed by atoms with Crippen LogP contribution in [-0.4, -0.2) is 53.1 Å². The number of aliphatic hydroxyl groups is 1. The lowest BCUT2D eigenvalue weighted by Gasteiger charge is -2.59. The molecule has 2 bridgehead atoms.